The minimum atomic E-state index is -0.255. The Balaban J connectivity index is 1.87. The number of aromatic amines is 1. The van der Waals surface area contributed by atoms with Crippen LogP contribution in [0.4, 0.5) is 10.1 Å². The molecule has 0 spiro atoms. The topological polar surface area (TPSA) is 27.8 Å². The molecule has 0 fully saturated rings. The highest BCUT2D eigenvalue weighted by atomic mass is 79.9. The van der Waals surface area contributed by atoms with Crippen LogP contribution in [-0.4, -0.2) is 4.98 Å². The van der Waals surface area contributed by atoms with E-state index < -0.39 is 0 Å². The highest BCUT2D eigenvalue weighted by molar-refractivity contribution is 9.10. The van der Waals surface area contributed by atoms with Gasteiger partial charge in [0, 0.05) is 28.1 Å². The van der Waals surface area contributed by atoms with Crippen LogP contribution in [0, 0.1) is 5.82 Å². The van der Waals surface area contributed by atoms with E-state index in [4.69, 9.17) is 0 Å². The van der Waals surface area contributed by atoms with Gasteiger partial charge in [0.25, 0.3) is 0 Å². The summed E-state index contributed by atoms with van der Waals surface area (Å²) in [5.41, 5.74) is 2.70. The molecule has 0 aliphatic rings. The number of hydrogen-bond acceptors (Lipinski definition) is 1. The van der Waals surface area contributed by atoms with Gasteiger partial charge in [0.05, 0.1) is 5.69 Å². The predicted molar refractivity (Wildman–Crippen MR) is 79.7 cm³/mol. The molecule has 96 valence electrons. The average molecular weight is 319 g/mol. The zero-order valence-corrected chi connectivity index (χ0v) is 11.7. The Kier molecular flexibility index (Phi) is 3.25. The maximum absolute atomic E-state index is 13.7. The molecule has 0 unspecified atom stereocenters. The van der Waals surface area contributed by atoms with E-state index in [-0.39, 0.29) is 5.82 Å². The summed E-state index contributed by atoms with van der Waals surface area (Å²) in [6, 6.07) is 13.0. The summed E-state index contributed by atoms with van der Waals surface area (Å²) in [6.45, 7) is 0.573. The van der Waals surface area contributed by atoms with Gasteiger partial charge in [-0.1, -0.05) is 24.3 Å². The van der Waals surface area contributed by atoms with Gasteiger partial charge in [0.15, 0.2) is 0 Å². The van der Waals surface area contributed by atoms with E-state index in [0.717, 1.165) is 20.9 Å². The molecule has 0 bridgehead atoms. The molecular formula is C15H12BrFN2. The lowest BCUT2D eigenvalue weighted by molar-refractivity contribution is 0.629. The first-order valence-electron chi connectivity index (χ1n) is 5.98. The van der Waals surface area contributed by atoms with E-state index in [0.29, 0.717) is 12.2 Å². The zero-order valence-electron chi connectivity index (χ0n) is 10.1. The standard InChI is InChI=1S/C15H12BrFN2/c16-12-5-3-6-13(17)15(12)19-9-10-8-18-14-7-2-1-4-11(10)14/h1-8,18-19H,9H2. The van der Waals surface area contributed by atoms with Crippen LogP contribution in [0.25, 0.3) is 10.9 Å². The summed E-state index contributed by atoms with van der Waals surface area (Å²) in [5.74, 6) is -0.255. The fourth-order valence-corrected chi connectivity index (χ4v) is 2.61. The number of halogens is 2. The molecule has 2 aromatic carbocycles. The maximum atomic E-state index is 13.7. The Morgan fingerprint density at radius 1 is 1.11 bits per heavy atom. The molecule has 2 nitrogen and oxygen atoms in total. The maximum Gasteiger partial charge on any atom is 0.147 e. The molecule has 1 aromatic heterocycles. The summed E-state index contributed by atoms with van der Waals surface area (Å²) in [6.07, 6.45) is 1.95. The predicted octanol–water partition coefficient (Wildman–Crippen LogP) is 4.68. The summed E-state index contributed by atoms with van der Waals surface area (Å²) in [5, 5.41) is 4.29. The van der Waals surface area contributed by atoms with Crippen LogP contribution in [0.3, 0.4) is 0 Å². The van der Waals surface area contributed by atoms with Crippen molar-refractivity contribution < 1.29 is 4.39 Å². The van der Waals surface area contributed by atoms with Crippen molar-refractivity contribution in [3.8, 4) is 0 Å². The van der Waals surface area contributed by atoms with Crippen molar-refractivity contribution in [2.75, 3.05) is 5.32 Å². The lowest BCUT2D eigenvalue weighted by Crippen LogP contribution is -2.01. The normalized spacial score (nSPS) is 10.8. The van der Waals surface area contributed by atoms with Gasteiger partial charge in [-0.15, -0.1) is 0 Å². The van der Waals surface area contributed by atoms with E-state index >= 15 is 0 Å². The quantitative estimate of drug-likeness (QED) is 0.721. The van der Waals surface area contributed by atoms with Gasteiger partial charge in [0.2, 0.25) is 0 Å². The van der Waals surface area contributed by atoms with Crippen LogP contribution in [0.2, 0.25) is 0 Å². The Morgan fingerprint density at radius 3 is 2.79 bits per heavy atom. The van der Waals surface area contributed by atoms with Gasteiger partial charge in [0.1, 0.15) is 5.82 Å². The van der Waals surface area contributed by atoms with Crippen LogP contribution in [0.1, 0.15) is 5.56 Å². The van der Waals surface area contributed by atoms with Crippen LogP contribution >= 0.6 is 15.9 Å². The molecule has 2 N–H and O–H groups in total. The fraction of sp³-hybridized carbons (Fsp3) is 0.0667. The summed E-state index contributed by atoms with van der Waals surface area (Å²) < 4.78 is 14.4. The number of nitrogens with one attached hydrogen (secondary N) is 2. The highest BCUT2D eigenvalue weighted by Gasteiger charge is 2.07. The molecule has 0 saturated heterocycles. The van der Waals surface area contributed by atoms with Gasteiger partial charge in [-0.2, -0.15) is 0 Å². The van der Waals surface area contributed by atoms with Crippen LogP contribution < -0.4 is 5.32 Å². The third-order valence-corrected chi connectivity index (χ3v) is 3.75. The first-order chi connectivity index (χ1) is 9.25. The number of H-pyrrole nitrogens is 1. The third-order valence-electron chi connectivity index (χ3n) is 3.09. The number of rotatable bonds is 3. The van der Waals surface area contributed by atoms with E-state index in [9.17, 15) is 4.39 Å². The number of fused-ring (bicyclic) bond motifs is 1. The Morgan fingerprint density at radius 2 is 1.95 bits per heavy atom. The second-order valence-electron chi connectivity index (χ2n) is 4.31. The van der Waals surface area contributed by atoms with Crippen molar-refractivity contribution in [3.63, 3.8) is 0 Å². The molecule has 1 heterocycles. The lowest BCUT2D eigenvalue weighted by Gasteiger charge is -2.09. The largest absolute Gasteiger partial charge is 0.378 e. The van der Waals surface area contributed by atoms with Crippen LogP contribution in [0.15, 0.2) is 53.1 Å². The molecule has 19 heavy (non-hydrogen) atoms. The molecule has 0 radical (unpaired) electrons. The Labute approximate surface area is 118 Å². The second-order valence-corrected chi connectivity index (χ2v) is 5.16. The van der Waals surface area contributed by atoms with Crippen LogP contribution in [0.5, 0.6) is 0 Å². The zero-order chi connectivity index (χ0) is 13.2. The first-order valence-corrected chi connectivity index (χ1v) is 6.78. The molecule has 3 aromatic rings. The summed E-state index contributed by atoms with van der Waals surface area (Å²) in [7, 11) is 0. The first kappa shape index (κ1) is 12.2. The lowest BCUT2D eigenvalue weighted by atomic mass is 10.2. The Hall–Kier alpha value is -1.81. The smallest absolute Gasteiger partial charge is 0.147 e. The molecule has 4 heteroatoms. The monoisotopic (exact) mass is 318 g/mol. The van der Waals surface area contributed by atoms with Gasteiger partial charge in [-0.05, 0) is 39.7 Å². The Bertz CT molecular complexity index is 701. The van der Waals surface area contributed by atoms with Crippen molar-refractivity contribution >= 4 is 32.5 Å². The fourth-order valence-electron chi connectivity index (χ4n) is 2.13. The molecule has 0 amide bonds. The van der Waals surface area contributed by atoms with E-state index in [2.05, 4.69) is 32.3 Å². The van der Waals surface area contributed by atoms with Crippen molar-refractivity contribution in [3.05, 3.63) is 64.5 Å². The van der Waals surface area contributed by atoms with Gasteiger partial charge < -0.3 is 10.3 Å². The molecule has 0 saturated carbocycles. The summed E-state index contributed by atoms with van der Waals surface area (Å²) >= 11 is 3.35. The number of anilines is 1. The SMILES string of the molecule is Fc1cccc(Br)c1NCc1c[nH]c2ccccc12. The van der Waals surface area contributed by atoms with E-state index in [1.807, 2.05) is 30.5 Å². The van der Waals surface area contributed by atoms with E-state index in [1.54, 1.807) is 6.07 Å². The molecule has 3 rings (SSSR count). The molecule has 0 atom stereocenters. The molecule has 0 aliphatic carbocycles. The average Bonchev–Trinajstić information content (AvgIpc) is 2.82. The number of benzene rings is 2. The molecule has 0 aliphatic heterocycles. The minimum absolute atomic E-state index is 0.255. The molecular weight excluding hydrogens is 307 g/mol. The third kappa shape index (κ3) is 2.36. The van der Waals surface area contributed by atoms with E-state index in [1.165, 1.54) is 6.07 Å². The number of para-hydroxylation sites is 2. The second kappa shape index (κ2) is 5.05. The highest BCUT2D eigenvalue weighted by Crippen LogP contribution is 2.26. The number of aromatic nitrogens is 1. The van der Waals surface area contributed by atoms with Gasteiger partial charge >= 0.3 is 0 Å². The van der Waals surface area contributed by atoms with Crippen molar-refractivity contribution in [2.45, 2.75) is 6.54 Å². The van der Waals surface area contributed by atoms with Gasteiger partial charge in [-0.25, -0.2) is 4.39 Å². The number of hydrogen-bond donors (Lipinski definition) is 2. The minimum Gasteiger partial charge on any atom is -0.378 e. The van der Waals surface area contributed by atoms with Crippen LogP contribution in [-0.2, 0) is 6.54 Å². The summed E-state index contributed by atoms with van der Waals surface area (Å²) in [4.78, 5) is 3.21. The van der Waals surface area contributed by atoms with Crippen molar-refractivity contribution in [1.82, 2.24) is 4.98 Å². The van der Waals surface area contributed by atoms with Crippen molar-refractivity contribution in [1.29, 1.82) is 0 Å². The van der Waals surface area contributed by atoms with Gasteiger partial charge in [-0.3, -0.25) is 0 Å². The van der Waals surface area contributed by atoms with Crippen molar-refractivity contribution in [2.24, 2.45) is 0 Å².